The Balaban J connectivity index is 1.25. The van der Waals surface area contributed by atoms with Crippen LogP contribution in [0.25, 0.3) is 0 Å². The van der Waals surface area contributed by atoms with E-state index in [0.29, 0.717) is 36.8 Å². The quantitative estimate of drug-likeness (QED) is 0.605. The SMILES string of the molecule is CCOC1CN([C@H]2CC[C@H](N(C)c3sc4c(c3C)C(=O)N(Cc3ccc(C)[nH]c3=O)CCC4)CC2)C1. The first kappa shape index (κ1) is 25.5. The van der Waals surface area contributed by atoms with Crippen molar-refractivity contribution < 1.29 is 9.53 Å². The highest BCUT2D eigenvalue weighted by atomic mass is 32.1. The van der Waals surface area contributed by atoms with Gasteiger partial charge in [-0.3, -0.25) is 14.5 Å². The van der Waals surface area contributed by atoms with E-state index in [9.17, 15) is 9.59 Å². The van der Waals surface area contributed by atoms with Gasteiger partial charge in [0.1, 0.15) is 0 Å². The van der Waals surface area contributed by atoms with E-state index in [0.717, 1.165) is 49.4 Å². The maximum atomic E-state index is 13.7. The zero-order chi connectivity index (χ0) is 25.4. The highest BCUT2D eigenvalue weighted by Gasteiger charge is 2.36. The smallest absolute Gasteiger partial charge is 0.255 e. The maximum absolute atomic E-state index is 13.7. The zero-order valence-corrected chi connectivity index (χ0v) is 23.0. The topological polar surface area (TPSA) is 68.9 Å². The lowest BCUT2D eigenvalue weighted by Crippen LogP contribution is -2.57. The summed E-state index contributed by atoms with van der Waals surface area (Å²) >= 11 is 1.81. The van der Waals surface area contributed by atoms with Crippen molar-refractivity contribution in [3.05, 3.63) is 49.7 Å². The van der Waals surface area contributed by atoms with Crippen LogP contribution in [0.2, 0.25) is 0 Å². The minimum atomic E-state index is -0.100. The Morgan fingerprint density at radius 2 is 1.89 bits per heavy atom. The molecule has 1 saturated heterocycles. The molecule has 36 heavy (non-hydrogen) atoms. The first-order valence-electron chi connectivity index (χ1n) is 13.5. The third-order valence-corrected chi connectivity index (χ3v) is 9.80. The number of thiophene rings is 1. The van der Waals surface area contributed by atoms with Crippen LogP contribution < -0.4 is 10.5 Å². The molecule has 0 unspecified atom stereocenters. The predicted octanol–water partition coefficient (Wildman–Crippen LogP) is 4.11. The lowest BCUT2D eigenvalue weighted by Gasteiger charge is -2.47. The number of amides is 1. The van der Waals surface area contributed by atoms with Crippen molar-refractivity contribution >= 4 is 22.2 Å². The summed E-state index contributed by atoms with van der Waals surface area (Å²) in [5, 5.41) is 1.24. The standard InChI is InChI=1S/C28H40N4O3S/c1-5-35-23-16-32(17-23)22-12-10-21(11-13-22)30(4)28-19(3)25-24(36-28)7-6-14-31(27(25)34)15-20-9-8-18(2)29-26(20)33/h8-9,21-23H,5-7,10-17H2,1-4H3,(H,29,33)/t21-,22-. The summed E-state index contributed by atoms with van der Waals surface area (Å²) in [5.41, 5.74) is 3.37. The van der Waals surface area contributed by atoms with Crippen molar-refractivity contribution in [2.24, 2.45) is 0 Å². The number of H-pyrrole nitrogens is 1. The second-order valence-electron chi connectivity index (χ2n) is 10.8. The highest BCUT2D eigenvalue weighted by Crippen LogP contribution is 2.41. The summed E-state index contributed by atoms with van der Waals surface area (Å²) in [4.78, 5) is 37.1. The number of hydrogen-bond donors (Lipinski definition) is 1. The van der Waals surface area contributed by atoms with E-state index in [1.165, 1.54) is 35.6 Å². The van der Waals surface area contributed by atoms with Gasteiger partial charge in [-0.05, 0) is 70.9 Å². The molecule has 2 aromatic heterocycles. The lowest BCUT2D eigenvalue weighted by atomic mass is 9.87. The molecule has 2 aromatic rings. The lowest BCUT2D eigenvalue weighted by molar-refractivity contribution is -0.0738. The van der Waals surface area contributed by atoms with Gasteiger partial charge in [-0.25, -0.2) is 0 Å². The molecule has 0 aromatic carbocycles. The molecule has 3 aliphatic rings. The number of hydrogen-bond acceptors (Lipinski definition) is 6. The largest absolute Gasteiger partial charge is 0.376 e. The molecule has 8 heteroatoms. The van der Waals surface area contributed by atoms with Gasteiger partial charge >= 0.3 is 0 Å². The Morgan fingerprint density at radius 3 is 2.58 bits per heavy atom. The van der Waals surface area contributed by atoms with Crippen LogP contribution in [0, 0.1) is 13.8 Å². The molecule has 7 nitrogen and oxygen atoms in total. The summed E-state index contributed by atoms with van der Waals surface area (Å²) in [7, 11) is 2.21. The van der Waals surface area contributed by atoms with Crippen LogP contribution in [-0.2, 0) is 17.7 Å². The highest BCUT2D eigenvalue weighted by molar-refractivity contribution is 7.16. The molecule has 0 spiro atoms. The minimum absolute atomic E-state index is 0.0706. The molecule has 5 rings (SSSR count). The van der Waals surface area contributed by atoms with Crippen LogP contribution in [0.3, 0.4) is 0 Å². The van der Waals surface area contributed by atoms with Crippen LogP contribution in [0.1, 0.15) is 71.1 Å². The van der Waals surface area contributed by atoms with E-state index in [2.05, 4.69) is 35.7 Å². The van der Waals surface area contributed by atoms with Gasteiger partial charge in [-0.2, -0.15) is 0 Å². The van der Waals surface area contributed by atoms with Gasteiger partial charge in [-0.1, -0.05) is 6.07 Å². The molecule has 1 aliphatic carbocycles. The number of aryl methyl sites for hydroxylation is 2. The van der Waals surface area contributed by atoms with Crippen LogP contribution in [0.15, 0.2) is 16.9 Å². The van der Waals surface area contributed by atoms with Crippen molar-refractivity contribution in [3.8, 4) is 0 Å². The van der Waals surface area contributed by atoms with Crippen molar-refractivity contribution in [1.29, 1.82) is 0 Å². The number of aromatic amines is 1. The number of likely N-dealkylation sites (tertiary alicyclic amines) is 1. The van der Waals surface area contributed by atoms with Gasteiger partial charge in [0.2, 0.25) is 0 Å². The predicted molar refractivity (Wildman–Crippen MR) is 145 cm³/mol. The average Bonchev–Trinajstić information content (AvgIpc) is 3.08. The molecule has 2 fully saturated rings. The minimum Gasteiger partial charge on any atom is -0.376 e. The first-order valence-corrected chi connectivity index (χ1v) is 14.4. The molecule has 4 heterocycles. The molecule has 196 valence electrons. The first-order chi connectivity index (χ1) is 17.4. The zero-order valence-electron chi connectivity index (χ0n) is 22.1. The summed E-state index contributed by atoms with van der Waals surface area (Å²) in [5.74, 6) is 0.0706. The molecule has 0 radical (unpaired) electrons. The Morgan fingerprint density at radius 1 is 1.14 bits per heavy atom. The second kappa shape index (κ2) is 10.7. The maximum Gasteiger partial charge on any atom is 0.255 e. The van der Waals surface area contributed by atoms with E-state index in [1.807, 2.05) is 24.0 Å². The van der Waals surface area contributed by atoms with Gasteiger partial charge in [-0.15, -0.1) is 11.3 Å². The molecule has 1 amide bonds. The number of nitrogens with zero attached hydrogens (tertiary/aromatic N) is 3. The van der Waals surface area contributed by atoms with Gasteiger partial charge in [0.05, 0.1) is 23.2 Å². The van der Waals surface area contributed by atoms with Gasteiger partial charge < -0.3 is 19.5 Å². The van der Waals surface area contributed by atoms with Crippen molar-refractivity contribution in [2.45, 2.75) is 84.0 Å². The van der Waals surface area contributed by atoms with Gasteiger partial charge in [0, 0.05) is 61.5 Å². The van der Waals surface area contributed by atoms with Crippen molar-refractivity contribution in [2.75, 3.05) is 38.2 Å². The third-order valence-electron chi connectivity index (χ3n) is 8.35. The molecule has 0 bridgehead atoms. The van der Waals surface area contributed by atoms with Crippen LogP contribution in [0.5, 0.6) is 0 Å². The summed E-state index contributed by atoms with van der Waals surface area (Å²) in [6.45, 7) is 10.1. The number of fused-ring (bicyclic) bond motifs is 1. The second-order valence-corrected chi connectivity index (χ2v) is 11.8. The summed E-state index contributed by atoms with van der Waals surface area (Å²) in [6.07, 6.45) is 7.12. The number of carbonyl (C=O) groups excluding carboxylic acids is 1. The number of ether oxygens (including phenoxy) is 1. The molecule has 0 atom stereocenters. The molecule has 2 aliphatic heterocycles. The Kier molecular flexibility index (Phi) is 7.56. The van der Waals surface area contributed by atoms with Gasteiger partial charge in [0.25, 0.3) is 11.5 Å². The van der Waals surface area contributed by atoms with Crippen LogP contribution in [-0.4, -0.2) is 72.2 Å². The number of anilines is 1. The number of pyridine rings is 1. The third kappa shape index (κ3) is 5.00. The molecular formula is C28H40N4O3S. The van der Waals surface area contributed by atoms with E-state index >= 15 is 0 Å². The average molecular weight is 513 g/mol. The Labute approximate surface area is 218 Å². The monoisotopic (exact) mass is 512 g/mol. The fourth-order valence-corrected chi connectivity index (χ4v) is 7.58. The van der Waals surface area contributed by atoms with Crippen LogP contribution >= 0.6 is 11.3 Å². The van der Waals surface area contributed by atoms with Crippen molar-refractivity contribution in [1.82, 2.24) is 14.8 Å². The normalized spacial score (nSPS) is 23.3. The van der Waals surface area contributed by atoms with E-state index in [-0.39, 0.29) is 11.5 Å². The van der Waals surface area contributed by atoms with E-state index < -0.39 is 0 Å². The Bertz CT molecular complexity index is 1140. The fourth-order valence-electron chi connectivity index (χ4n) is 6.21. The summed E-state index contributed by atoms with van der Waals surface area (Å²) < 4.78 is 5.74. The fraction of sp³-hybridized carbons (Fsp3) is 0.643. The Hall–Kier alpha value is -2.16. The number of rotatable bonds is 7. The molecule has 1 N–H and O–H groups in total. The number of nitrogens with one attached hydrogen (secondary N) is 1. The van der Waals surface area contributed by atoms with E-state index in [1.54, 1.807) is 11.3 Å². The van der Waals surface area contributed by atoms with Gasteiger partial charge in [0.15, 0.2) is 0 Å². The number of aromatic nitrogens is 1. The van der Waals surface area contributed by atoms with Crippen LogP contribution in [0.4, 0.5) is 5.00 Å². The molecule has 1 saturated carbocycles. The van der Waals surface area contributed by atoms with E-state index in [4.69, 9.17) is 4.74 Å². The van der Waals surface area contributed by atoms with Crippen molar-refractivity contribution in [3.63, 3.8) is 0 Å². The molecular weight excluding hydrogens is 472 g/mol. The summed E-state index contributed by atoms with van der Waals surface area (Å²) in [6, 6.07) is 4.96. The number of carbonyl (C=O) groups is 1.